The number of rotatable bonds is 2. The van der Waals surface area contributed by atoms with Crippen LogP contribution in [0.3, 0.4) is 0 Å². The average Bonchev–Trinajstić information content (AvgIpc) is 2.03. The van der Waals surface area contributed by atoms with E-state index in [1.807, 2.05) is 0 Å². The number of hydrogen-bond acceptors (Lipinski definition) is 3. The fraction of sp³-hybridized carbons (Fsp3) is 0.429. The lowest BCUT2D eigenvalue weighted by atomic mass is 10.1. The number of ether oxygens (including phenoxy) is 1. The van der Waals surface area contributed by atoms with E-state index in [-0.39, 0.29) is 4.91 Å². The van der Waals surface area contributed by atoms with Crippen molar-refractivity contribution in [3.63, 3.8) is 0 Å². The van der Waals surface area contributed by atoms with Crippen molar-refractivity contribution < 1.29 is 13.2 Å². The molecule has 0 saturated heterocycles. The highest BCUT2D eigenvalue weighted by molar-refractivity contribution is 9.11. The molecule has 0 atom stereocenters. The van der Waals surface area contributed by atoms with Gasteiger partial charge in [-0.25, -0.2) is 8.42 Å². The van der Waals surface area contributed by atoms with Gasteiger partial charge in [-0.2, -0.15) is 0 Å². The maximum Gasteiger partial charge on any atom is 0.264 e. The lowest BCUT2D eigenvalue weighted by Gasteiger charge is -2.14. The van der Waals surface area contributed by atoms with Gasteiger partial charge in [-0.3, -0.25) is 0 Å². The van der Waals surface area contributed by atoms with Gasteiger partial charge in [-0.1, -0.05) is 15.9 Å². The highest BCUT2D eigenvalue weighted by atomic mass is 79.9. The molecular weight excluding hydrogens is 279 g/mol. The van der Waals surface area contributed by atoms with Crippen LogP contribution in [-0.2, 0) is 13.8 Å². The van der Waals surface area contributed by atoms with Crippen LogP contribution in [0.15, 0.2) is 21.2 Å². The summed E-state index contributed by atoms with van der Waals surface area (Å²) < 4.78 is 27.9. The fourth-order valence-corrected chi connectivity index (χ4v) is 2.77. The van der Waals surface area contributed by atoms with Crippen LogP contribution in [0.2, 0.25) is 0 Å². The largest absolute Gasteiger partial charge is 0.500 e. The lowest BCUT2D eigenvalue weighted by molar-refractivity contribution is 0.275. The van der Waals surface area contributed by atoms with Crippen molar-refractivity contribution in [3.8, 4) is 0 Å². The molecule has 0 aromatic heterocycles. The van der Waals surface area contributed by atoms with E-state index in [1.54, 1.807) is 0 Å². The lowest BCUT2D eigenvalue weighted by Crippen LogP contribution is -2.04. The molecule has 6 heteroatoms. The minimum atomic E-state index is -3.70. The van der Waals surface area contributed by atoms with Gasteiger partial charge in [0.1, 0.15) is 10.7 Å². The number of allylic oxidation sites excluding steroid dienone is 3. The Balaban J connectivity index is 3.22. The summed E-state index contributed by atoms with van der Waals surface area (Å²) in [6.45, 7) is 0. The van der Waals surface area contributed by atoms with E-state index < -0.39 is 9.05 Å². The highest BCUT2D eigenvalue weighted by Gasteiger charge is 2.22. The predicted molar refractivity (Wildman–Crippen MR) is 55.1 cm³/mol. The van der Waals surface area contributed by atoms with E-state index in [0.29, 0.717) is 12.2 Å². The van der Waals surface area contributed by atoms with Crippen LogP contribution < -0.4 is 0 Å². The Kier molecular flexibility index (Phi) is 3.43. The van der Waals surface area contributed by atoms with E-state index in [2.05, 4.69) is 15.9 Å². The topological polar surface area (TPSA) is 43.4 Å². The molecule has 0 spiro atoms. The molecule has 0 amide bonds. The summed E-state index contributed by atoms with van der Waals surface area (Å²) in [4.78, 5) is 0.0507. The maximum absolute atomic E-state index is 11.1. The zero-order valence-electron chi connectivity index (χ0n) is 6.88. The Hall–Kier alpha value is -0.0000000000000000555. The summed E-state index contributed by atoms with van der Waals surface area (Å²) in [5.74, 6) is 0.415. The summed E-state index contributed by atoms with van der Waals surface area (Å²) in [5, 5.41) is 0. The van der Waals surface area contributed by atoms with Crippen molar-refractivity contribution in [1.82, 2.24) is 0 Å². The summed E-state index contributed by atoms with van der Waals surface area (Å²) in [7, 11) is 2.96. The Morgan fingerprint density at radius 3 is 2.62 bits per heavy atom. The maximum atomic E-state index is 11.1. The third kappa shape index (κ3) is 2.72. The first kappa shape index (κ1) is 11.1. The number of hydrogen-bond donors (Lipinski definition) is 0. The van der Waals surface area contributed by atoms with Gasteiger partial charge in [0, 0.05) is 17.1 Å². The fourth-order valence-electron chi connectivity index (χ4n) is 1.06. The average molecular weight is 288 g/mol. The van der Waals surface area contributed by atoms with Gasteiger partial charge in [-0.15, -0.1) is 0 Å². The van der Waals surface area contributed by atoms with Crippen LogP contribution in [0.25, 0.3) is 0 Å². The van der Waals surface area contributed by atoms with Crippen LogP contribution in [0, 0.1) is 0 Å². The minimum absolute atomic E-state index is 0.0507. The number of methoxy groups -OCH3 is 1. The molecule has 0 fully saturated rings. The molecule has 0 unspecified atom stereocenters. The van der Waals surface area contributed by atoms with Crippen LogP contribution in [0.5, 0.6) is 0 Å². The quantitative estimate of drug-likeness (QED) is 0.733. The van der Waals surface area contributed by atoms with Gasteiger partial charge in [0.2, 0.25) is 0 Å². The molecule has 0 aromatic carbocycles. The predicted octanol–water partition coefficient (Wildman–Crippen LogP) is 2.49. The molecule has 0 N–H and O–H groups in total. The van der Waals surface area contributed by atoms with Crippen LogP contribution in [0.1, 0.15) is 12.8 Å². The standard InChI is InChI=1S/C7H8BrClO3S/c1-12-6-3-2-5(8)4-7(6)13(9,10)11/h4H,2-3H2,1H3. The first-order valence-corrected chi connectivity index (χ1v) is 6.63. The molecular formula is C7H8BrClO3S. The van der Waals surface area contributed by atoms with Crippen LogP contribution in [0.4, 0.5) is 0 Å². The van der Waals surface area contributed by atoms with Gasteiger partial charge in [0.25, 0.3) is 9.05 Å². The van der Waals surface area contributed by atoms with Gasteiger partial charge >= 0.3 is 0 Å². The summed E-state index contributed by atoms with van der Waals surface area (Å²) in [6.07, 6.45) is 2.76. The molecule has 1 aliphatic carbocycles. The first-order chi connectivity index (χ1) is 5.95. The van der Waals surface area contributed by atoms with Crippen molar-refractivity contribution in [2.75, 3.05) is 7.11 Å². The second kappa shape index (κ2) is 4.02. The van der Waals surface area contributed by atoms with E-state index in [9.17, 15) is 8.42 Å². The van der Waals surface area contributed by atoms with Crippen molar-refractivity contribution in [1.29, 1.82) is 0 Å². The van der Waals surface area contributed by atoms with Crippen LogP contribution >= 0.6 is 26.6 Å². The Morgan fingerprint density at radius 1 is 1.54 bits per heavy atom. The second-order valence-electron chi connectivity index (χ2n) is 2.52. The minimum Gasteiger partial charge on any atom is -0.500 e. The molecule has 0 aliphatic heterocycles. The number of halogens is 2. The van der Waals surface area contributed by atoms with Crippen molar-refractivity contribution in [3.05, 3.63) is 21.2 Å². The zero-order chi connectivity index (χ0) is 10.1. The molecule has 1 aliphatic rings. The molecule has 0 heterocycles. The molecule has 13 heavy (non-hydrogen) atoms. The first-order valence-electron chi connectivity index (χ1n) is 3.53. The molecule has 1 rings (SSSR count). The van der Waals surface area contributed by atoms with Crippen LogP contribution in [-0.4, -0.2) is 15.5 Å². The molecule has 0 aromatic rings. The Labute approximate surface area is 90.0 Å². The normalized spacial score (nSPS) is 18.5. The third-order valence-electron chi connectivity index (χ3n) is 1.66. The molecule has 74 valence electrons. The monoisotopic (exact) mass is 286 g/mol. The highest BCUT2D eigenvalue weighted by Crippen LogP contribution is 2.31. The van der Waals surface area contributed by atoms with Gasteiger partial charge < -0.3 is 4.74 Å². The molecule has 0 bridgehead atoms. The van der Waals surface area contributed by atoms with Crippen molar-refractivity contribution >= 4 is 35.7 Å². The van der Waals surface area contributed by atoms with Gasteiger partial charge in [0.15, 0.2) is 0 Å². The SMILES string of the molecule is COC1=C(S(=O)(=O)Cl)C=C(Br)CC1. The van der Waals surface area contributed by atoms with Crippen molar-refractivity contribution in [2.24, 2.45) is 0 Å². The molecule has 3 nitrogen and oxygen atoms in total. The zero-order valence-corrected chi connectivity index (χ0v) is 10.0. The summed E-state index contributed by atoms with van der Waals surface area (Å²) >= 11 is 3.23. The smallest absolute Gasteiger partial charge is 0.264 e. The van der Waals surface area contributed by atoms with Gasteiger partial charge in [-0.05, 0) is 17.0 Å². The third-order valence-corrected chi connectivity index (χ3v) is 3.66. The van der Waals surface area contributed by atoms with Crippen molar-refractivity contribution in [2.45, 2.75) is 12.8 Å². The van der Waals surface area contributed by atoms with E-state index in [1.165, 1.54) is 13.2 Å². The van der Waals surface area contributed by atoms with E-state index in [0.717, 1.165) is 10.9 Å². The Morgan fingerprint density at radius 2 is 2.15 bits per heavy atom. The molecule has 0 radical (unpaired) electrons. The van der Waals surface area contributed by atoms with E-state index in [4.69, 9.17) is 15.4 Å². The second-order valence-corrected chi connectivity index (χ2v) is 6.07. The van der Waals surface area contributed by atoms with Gasteiger partial charge in [0.05, 0.1) is 7.11 Å². The summed E-state index contributed by atoms with van der Waals surface area (Å²) in [5.41, 5.74) is 0. The Bertz CT molecular complexity index is 369. The molecule has 0 saturated carbocycles. The summed E-state index contributed by atoms with van der Waals surface area (Å²) in [6, 6.07) is 0. The van der Waals surface area contributed by atoms with E-state index >= 15 is 0 Å².